The second-order valence-corrected chi connectivity index (χ2v) is 8.77. The lowest BCUT2D eigenvalue weighted by atomic mass is 9.95. The summed E-state index contributed by atoms with van der Waals surface area (Å²) in [7, 11) is 0. The molecule has 154 valence electrons. The standard InChI is InChI=1S/C22H28N4O2S/c1-16(13-18-9-6-12-28-18)24-21(27)15-29-14-20-25-19-10-5-11-23-22(19)26(20)17-7-3-2-4-8-17/h5-6,9-12,16-17H,2-4,7-8,13-15H2,1H3,(H,24,27)/t16-/m1/s1. The van der Waals surface area contributed by atoms with Crippen LogP contribution in [-0.2, 0) is 17.0 Å². The van der Waals surface area contributed by atoms with E-state index in [2.05, 4.69) is 14.9 Å². The predicted octanol–water partition coefficient (Wildman–Crippen LogP) is 4.51. The summed E-state index contributed by atoms with van der Waals surface area (Å²) >= 11 is 1.61. The number of amides is 1. The molecular weight excluding hydrogens is 384 g/mol. The second-order valence-electron chi connectivity index (χ2n) is 7.78. The number of rotatable bonds is 8. The minimum atomic E-state index is 0.0465. The number of furan rings is 1. The minimum absolute atomic E-state index is 0.0465. The fraction of sp³-hybridized carbons (Fsp3) is 0.500. The number of imidazole rings is 1. The first-order valence-electron chi connectivity index (χ1n) is 10.4. The van der Waals surface area contributed by atoms with E-state index in [-0.39, 0.29) is 11.9 Å². The fourth-order valence-corrected chi connectivity index (χ4v) is 4.89. The van der Waals surface area contributed by atoms with Gasteiger partial charge in [0.15, 0.2) is 5.65 Å². The molecule has 29 heavy (non-hydrogen) atoms. The van der Waals surface area contributed by atoms with Crippen LogP contribution in [0.5, 0.6) is 0 Å². The number of hydrogen-bond acceptors (Lipinski definition) is 5. The van der Waals surface area contributed by atoms with Gasteiger partial charge in [-0.1, -0.05) is 19.3 Å². The lowest BCUT2D eigenvalue weighted by molar-refractivity contribution is -0.119. The van der Waals surface area contributed by atoms with Gasteiger partial charge in [-0.3, -0.25) is 4.79 Å². The third-order valence-corrected chi connectivity index (χ3v) is 6.35. The van der Waals surface area contributed by atoms with Crippen molar-refractivity contribution < 1.29 is 9.21 Å². The highest BCUT2D eigenvalue weighted by Gasteiger charge is 2.22. The topological polar surface area (TPSA) is 73.0 Å². The summed E-state index contributed by atoms with van der Waals surface area (Å²) in [5.41, 5.74) is 1.93. The van der Waals surface area contributed by atoms with Crippen molar-refractivity contribution in [3.8, 4) is 0 Å². The van der Waals surface area contributed by atoms with E-state index in [1.165, 1.54) is 32.1 Å². The molecule has 0 aliphatic heterocycles. The van der Waals surface area contributed by atoms with Crippen LogP contribution in [0.25, 0.3) is 11.2 Å². The van der Waals surface area contributed by atoms with Gasteiger partial charge in [-0.15, -0.1) is 11.8 Å². The molecule has 1 aliphatic rings. The van der Waals surface area contributed by atoms with Gasteiger partial charge in [0.05, 0.1) is 17.8 Å². The van der Waals surface area contributed by atoms with Crippen LogP contribution in [0.1, 0.15) is 56.7 Å². The zero-order valence-corrected chi connectivity index (χ0v) is 17.7. The van der Waals surface area contributed by atoms with E-state index in [9.17, 15) is 4.79 Å². The van der Waals surface area contributed by atoms with Crippen molar-refractivity contribution in [1.29, 1.82) is 0 Å². The van der Waals surface area contributed by atoms with Gasteiger partial charge in [0.1, 0.15) is 17.1 Å². The summed E-state index contributed by atoms with van der Waals surface area (Å²) in [5, 5.41) is 3.05. The first-order valence-corrected chi connectivity index (χ1v) is 11.6. The largest absolute Gasteiger partial charge is 0.469 e. The third kappa shape index (κ3) is 5.01. The van der Waals surface area contributed by atoms with Crippen molar-refractivity contribution >= 4 is 28.8 Å². The summed E-state index contributed by atoms with van der Waals surface area (Å²) in [4.78, 5) is 21.8. The zero-order chi connectivity index (χ0) is 20.1. The van der Waals surface area contributed by atoms with Crippen molar-refractivity contribution in [2.75, 3.05) is 5.75 Å². The summed E-state index contributed by atoms with van der Waals surface area (Å²) in [6.45, 7) is 2.00. The third-order valence-electron chi connectivity index (χ3n) is 5.42. The average Bonchev–Trinajstić information content (AvgIpc) is 3.35. The van der Waals surface area contributed by atoms with E-state index in [1.54, 1.807) is 18.0 Å². The number of pyridine rings is 1. The van der Waals surface area contributed by atoms with Gasteiger partial charge in [0.2, 0.25) is 5.91 Å². The molecule has 0 unspecified atom stereocenters. The number of aromatic nitrogens is 3. The fourth-order valence-electron chi connectivity index (χ4n) is 4.13. The van der Waals surface area contributed by atoms with Crippen LogP contribution in [0.3, 0.4) is 0 Å². The Labute approximate surface area is 175 Å². The Kier molecular flexibility index (Phi) is 6.54. The molecule has 0 bridgehead atoms. The molecule has 1 fully saturated rings. The lowest BCUT2D eigenvalue weighted by Gasteiger charge is -2.25. The van der Waals surface area contributed by atoms with Gasteiger partial charge < -0.3 is 14.3 Å². The van der Waals surface area contributed by atoms with E-state index in [4.69, 9.17) is 9.40 Å². The number of nitrogens with one attached hydrogen (secondary N) is 1. The quantitative estimate of drug-likeness (QED) is 0.589. The van der Waals surface area contributed by atoms with E-state index < -0.39 is 0 Å². The molecule has 0 aromatic carbocycles. The highest BCUT2D eigenvalue weighted by Crippen LogP contribution is 2.32. The van der Waals surface area contributed by atoms with Crippen LogP contribution in [0.15, 0.2) is 41.1 Å². The van der Waals surface area contributed by atoms with Gasteiger partial charge in [-0.2, -0.15) is 0 Å². The highest BCUT2D eigenvalue weighted by atomic mass is 32.2. The maximum absolute atomic E-state index is 12.3. The Hall–Kier alpha value is -2.28. The summed E-state index contributed by atoms with van der Waals surface area (Å²) in [6, 6.07) is 8.28. The van der Waals surface area contributed by atoms with Crippen molar-refractivity contribution in [2.24, 2.45) is 0 Å². The molecule has 3 heterocycles. The van der Waals surface area contributed by atoms with Crippen molar-refractivity contribution in [3.63, 3.8) is 0 Å². The Morgan fingerprint density at radius 1 is 1.31 bits per heavy atom. The number of nitrogens with zero attached hydrogens (tertiary/aromatic N) is 3. The number of carbonyl (C=O) groups excluding carboxylic acids is 1. The normalized spacial score (nSPS) is 16.2. The molecule has 3 aromatic heterocycles. The number of thioether (sulfide) groups is 1. The van der Waals surface area contributed by atoms with E-state index in [0.29, 0.717) is 24.0 Å². The van der Waals surface area contributed by atoms with Gasteiger partial charge in [0, 0.05) is 24.7 Å². The second kappa shape index (κ2) is 9.48. The van der Waals surface area contributed by atoms with Crippen LogP contribution in [-0.4, -0.2) is 32.2 Å². The number of carbonyl (C=O) groups is 1. The SMILES string of the molecule is C[C@H](Cc1ccco1)NC(=O)CSCc1nc2cccnc2n1C1CCCCC1. The first-order chi connectivity index (χ1) is 14.2. The van der Waals surface area contributed by atoms with Crippen LogP contribution < -0.4 is 5.32 Å². The molecule has 0 radical (unpaired) electrons. The Morgan fingerprint density at radius 2 is 2.17 bits per heavy atom. The molecule has 0 spiro atoms. The zero-order valence-electron chi connectivity index (χ0n) is 16.8. The molecular formula is C22H28N4O2S. The molecule has 3 aromatic rings. The first kappa shape index (κ1) is 20.0. The van der Waals surface area contributed by atoms with E-state index >= 15 is 0 Å². The average molecular weight is 413 g/mol. The predicted molar refractivity (Wildman–Crippen MR) is 116 cm³/mol. The summed E-state index contributed by atoms with van der Waals surface area (Å²) in [6.07, 6.45) is 10.4. The lowest BCUT2D eigenvalue weighted by Crippen LogP contribution is -2.35. The van der Waals surface area contributed by atoms with Crippen molar-refractivity contribution in [2.45, 2.75) is 63.3 Å². The van der Waals surface area contributed by atoms with Crippen LogP contribution in [0, 0.1) is 0 Å². The highest BCUT2D eigenvalue weighted by molar-refractivity contribution is 7.99. The minimum Gasteiger partial charge on any atom is -0.469 e. The van der Waals surface area contributed by atoms with Crippen LogP contribution in [0.4, 0.5) is 0 Å². The molecule has 7 heteroatoms. The van der Waals surface area contributed by atoms with Crippen LogP contribution >= 0.6 is 11.8 Å². The van der Waals surface area contributed by atoms with Crippen LogP contribution in [0.2, 0.25) is 0 Å². The molecule has 1 N–H and O–H groups in total. The molecule has 1 amide bonds. The van der Waals surface area contributed by atoms with E-state index in [0.717, 1.165) is 22.7 Å². The molecule has 1 atom stereocenters. The monoisotopic (exact) mass is 412 g/mol. The Balaban J connectivity index is 1.36. The maximum atomic E-state index is 12.3. The van der Waals surface area contributed by atoms with Gasteiger partial charge >= 0.3 is 0 Å². The summed E-state index contributed by atoms with van der Waals surface area (Å²) in [5.74, 6) is 3.11. The molecule has 6 nitrogen and oxygen atoms in total. The Bertz CT molecular complexity index is 932. The number of hydrogen-bond donors (Lipinski definition) is 1. The van der Waals surface area contributed by atoms with Gasteiger partial charge in [-0.05, 0) is 44.0 Å². The molecule has 0 saturated heterocycles. The van der Waals surface area contributed by atoms with Gasteiger partial charge in [0.25, 0.3) is 0 Å². The van der Waals surface area contributed by atoms with E-state index in [1.807, 2.05) is 37.4 Å². The van der Waals surface area contributed by atoms with Gasteiger partial charge in [-0.25, -0.2) is 9.97 Å². The number of fused-ring (bicyclic) bond motifs is 1. The van der Waals surface area contributed by atoms with Crippen molar-refractivity contribution in [3.05, 3.63) is 48.3 Å². The molecule has 1 aliphatic carbocycles. The molecule has 1 saturated carbocycles. The Morgan fingerprint density at radius 3 is 2.97 bits per heavy atom. The molecule has 4 rings (SSSR count). The summed E-state index contributed by atoms with van der Waals surface area (Å²) < 4.78 is 7.68. The van der Waals surface area contributed by atoms with Crippen molar-refractivity contribution in [1.82, 2.24) is 19.9 Å². The smallest absolute Gasteiger partial charge is 0.230 e. The maximum Gasteiger partial charge on any atom is 0.230 e.